The average molecular weight is 1430 g/mol. The summed E-state index contributed by atoms with van der Waals surface area (Å²) in [6.07, 6.45) is 0. The van der Waals surface area contributed by atoms with Crippen LogP contribution in [0.15, 0.2) is 400 Å². The van der Waals surface area contributed by atoms with E-state index in [1.807, 2.05) is 78.9 Å². The van der Waals surface area contributed by atoms with E-state index in [0.29, 0.717) is 34.9 Å². The number of nitrogens with zero attached hydrogens (tertiary/aromatic N) is 10. The highest BCUT2D eigenvalue weighted by molar-refractivity contribution is 6.14. The van der Waals surface area contributed by atoms with E-state index in [-0.39, 0.29) is 0 Å². The van der Waals surface area contributed by atoms with Gasteiger partial charge < -0.3 is 18.3 Å². The van der Waals surface area contributed by atoms with Crippen LogP contribution in [0.5, 0.6) is 0 Å². The lowest BCUT2D eigenvalue weighted by Gasteiger charge is -2.13. The van der Waals surface area contributed by atoms with Crippen LogP contribution in [0.25, 0.3) is 201 Å². The van der Waals surface area contributed by atoms with Crippen molar-refractivity contribution in [1.29, 1.82) is 0 Å². The predicted octanol–water partition coefficient (Wildman–Crippen LogP) is 25.5. The van der Waals surface area contributed by atoms with E-state index in [0.717, 1.165) is 100 Å². The monoisotopic (exact) mass is 1430 g/mol. The Bertz CT molecular complexity index is 7240. The van der Waals surface area contributed by atoms with Gasteiger partial charge in [0.15, 0.2) is 34.9 Å². The van der Waals surface area contributed by atoms with Crippen molar-refractivity contribution in [2.45, 2.75) is 0 Å². The lowest BCUT2D eigenvalue weighted by Crippen LogP contribution is -2.01. The summed E-state index contributed by atoms with van der Waals surface area (Å²) in [4.78, 5) is 30.3. The molecule has 524 valence electrons. The summed E-state index contributed by atoms with van der Waals surface area (Å²) in [7, 11) is 0. The average Bonchev–Trinajstić information content (AvgIpc) is 1.58. The van der Waals surface area contributed by atoms with Gasteiger partial charge in [-0.2, -0.15) is 0 Å². The molecule has 112 heavy (non-hydrogen) atoms. The molecule has 10 nitrogen and oxygen atoms in total. The highest BCUT2D eigenvalue weighted by Crippen LogP contribution is 2.42. The van der Waals surface area contributed by atoms with E-state index in [4.69, 9.17) is 29.9 Å². The number of para-hydroxylation sites is 6. The molecule has 16 aromatic carbocycles. The molecule has 0 saturated carbocycles. The molecule has 10 heteroatoms. The molecular weight excluding hydrogens is 1370 g/mol. The second-order valence-corrected chi connectivity index (χ2v) is 28.1. The van der Waals surface area contributed by atoms with E-state index >= 15 is 0 Å². The van der Waals surface area contributed by atoms with E-state index < -0.39 is 0 Å². The molecule has 0 atom stereocenters. The molecule has 22 rings (SSSR count). The predicted molar refractivity (Wildman–Crippen MR) is 460 cm³/mol. The van der Waals surface area contributed by atoms with Gasteiger partial charge in [0.1, 0.15) is 0 Å². The molecule has 0 N–H and O–H groups in total. The highest BCUT2D eigenvalue weighted by Gasteiger charge is 2.22. The molecule has 0 radical (unpaired) electrons. The molecule has 0 amide bonds. The zero-order chi connectivity index (χ0) is 74.0. The van der Waals surface area contributed by atoms with Crippen molar-refractivity contribution < 1.29 is 0 Å². The highest BCUT2D eigenvalue weighted by atomic mass is 15.1. The zero-order valence-corrected chi connectivity index (χ0v) is 60.6. The molecule has 0 spiro atoms. The maximum atomic E-state index is 5.12. The number of rotatable bonds is 12. The minimum Gasteiger partial charge on any atom is -0.309 e. The van der Waals surface area contributed by atoms with Crippen LogP contribution in [0.4, 0.5) is 0 Å². The molecule has 0 bridgehead atoms. The topological polar surface area (TPSA) is 97.1 Å². The molecule has 6 heterocycles. The van der Waals surface area contributed by atoms with Gasteiger partial charge in [0.25, 0.3) is 0 Å². The summed E-state index contributed by atoms with van der Waals surface area (Å²) in [5.74, 6) is 3.81. The third-order valence-corrected chi connectivity index (χ3v) is 21.6. The minimum atomic E-state index is 0.626. The maximum Gasteiger partial charge on any atom is 0.164 e. The van der Waals surface area contributed by atoms with Gasteiger partial charge in [-0.1, -0.05) is 273 Å². The smallest absolute Gasteiger partial charge is 0.164 e. The first-order valence-corrected chi connectivity index (χ1v) is 37.7. The lowest BCUT2D eigenvalue weighted by atomic mass is 9.99. The Balaban J connectivity index is 0.000000141. The first kappa shape index (κ1) is 65.1. The van der Waals surface area contributed by atoms with Gasteiger partial charge in [-0.3, -0.25) is 0 Å². The van der Waals surface area contributed by atoms with Gasteiger partial charge in [0, 0.05) is 99.2 Å². The van der Waals surface area contributed by atoms with E-state index in [2.05, 4.69) is 340 Å². The van der Waals surface area contributed by atoms with Crippen LogP contribution in [-0.2, 0) is 0 Å². The number of hydrogen-bond acceptors (Lipinski definition) is 6. The van der Waals surface area contributed by atoms with Crippen LogP contribution in [0.1, 0.15) is 0 Å². The minimum absolute atomic E-state index is 0.626. The number of aromatic nitrogens is 10. The Labute approximate surface area is 645 Å². The van der Waals surface area contributed by atoms with Crippen LogP contribution >= 0.6 is 0 Å². The fourth-order valence-corrected chi connectivity index (χ4v) is 16.4. The third-order valence-electron chi connectivity index (χ3n) is 21.6. The first-order chi connectivity index (χ1) is 55.5. The Kier molecular flexibility index (Phi) is 16.0. The molecule has 0 unspecified atom stereocenters. The first-order valence-electron chi connectivity index (χ1n) is 37.7. The zero-order valence-electron chi connectivity index (χ0n) is 60.6. The SMILES string of the molecule is c1ccc(-c2cccc(-c3nc(-c4ccccc4)nc(-c4ccc(-n5c6ccccc6c6cc(-n7c8ccccc8c8ccccc87)ccc65)cc4)n3)c2)cc1.c1ccc(-c2nc(-c3ccc(-n4c5ccccc5c5cc(-n6c7ccccc7c7ccccc76)ccc54)cc3)nc(-c3ccccc3-c3ccccc3)n2)cc1. The summed E-state index contributed by atoms with van der Waals surface area (Å²) >= 11 is 0. The van der Waals surface area contributed by atoms with Gasteiger partial charge in [-0.05, 0) is 150 Å². The molecule has 0 fully saturated rings. The van der Waals surface area contributed by atoms with Gasteiger partial charge in [-0.25, -0.2) is 29.9 Å². The van der Waals surface area contributed by atoms with Crippen LogP contribution < -0.4 is 0 Å². The maximum absolute atomic E-state index is 5.12. The molecular formula is C102H66N10. The number of fused-ring (bicyclic) bond motifs is 12. The Morgan fingerprint density at radius 1 is 0.134 bits per heavy atom. The molecule has 22 aromatic rings. The van der Waals surface area contributed by atoms with Gasteiger partial charge >= 0.3 is 0 Å². The second kappa shape index (κ2) is 27.5. The quantitative estimate of drug-likeness (QED) is 0.121. The number of hydrogen-bond donors (Lipinski definition) is 0. The largest absolute Gasteiger partial charge is 0.309 e. The fraction of sp³-hybridized carbons (Fsp3) is 0. The normalized spacial score (nSPS) is 11.6. The number of benzene rings is 16. The van der Waals surface area contributed by atoms with E-state index in [1.165, 1.54) is 65.2 Å². The summed E-state index contributed by atoms with van der Waals surface area (Å²) in [5.41, 5.74) is 23.9. The van der Waals surface area contributed by atoms with Crippen molar-refractivity contribution in [3.8, 4) is 113 Å². The second-order valence-electron chi connectivity index (χ2n) is 28.1. The standard InChI is InChI=1S/2C51H33N5/c1-3-14-34(15-4-1)37-18-13-19-38(32-37)51-53-49(35-16-5-2-6-17-35)52-50(54-51)36-26-28-39(29-27-36)55-47-25-12-9-22-43(47)44-33-40(30-31-48(44)55)56-45-23-10-7-20-41(45)42-21-8-11-24-46(42)56;1-3-15-34(16-4-1)39-19-7-8-23-43(39)51-53-49(35-17-5-2-6-18-35)52-50(54-51)36-27-29-37(30-28-36)55-47-26-14-11-22-42(47)44-33-38(31-32-48(44)55)56-45-24-12-9-20-40(45)41-21-10-13-25-46(41)56/h2*1-33H. The van der Waals surface area contributed by atoms with Crippen molar-refractivity contribution in [2.75, 3.05) is 0 Å². The summed E-state index contributed by atoms with van der Waals surface area (Å²) < 4.78 is 9.48. The van der Waals surface area contributed by atoms with E-state index in [9.17, 15) is 0 Å². The van der Waals surface area contributed by atoms with Gasteiger partial charge in [-0.15, -0.1) is 0 Å². The third kappa shape index (κ3) is 11.4. The van der Waals surface area contributed by atoms with Crippen molar-refractivity contribution in [2.24, 2.45) is 0 Å². The molecule has 0 aliphatic heterocycles. The van der Waals surface area contributed by atoms with E-state index in [1.54, 1.807) is 0 Å². The van der Waals surface area contributed by atoms with Crippen LogP contribution in [0, 0.1) is 0 Å². The Morgan fingerprint density at radius 3 is 0.768 bits per heavy atom. The van der Waals surface area contributed by atoms with Crippen LogP contribution in [0.3, 0.4) is 0 Å². The van der Waals surface area contributed by atoms with Crippen molar-refractivity contribution in [3.05, 3.63) is 400 Å². The fourth-order valence-electron chi connectivity index (χ4n) is 16.4. The summed E-state index contributed by atoms with van der Waals surface area (Å²) in [5, 5.41) is 9.86. The van der Waals surface area contributed by atoms with Crippen LogP contribution in [0.2, 0.25) is 0 Å². The lowest BCUT2D eigenvalue weighted by molar-refractivity contribution is 1.07. The van der Waals surface area contributed by atoms with Crippen LogP contribution in [-0.4, -0.2) is 48.2 Å². The summed E-state index contributed by atoms with van der Waals surface area (Å²) in [6, 6.07) is 141. The van der Waals surface area contributed by atoms with Crippen molar-refractivity contribution >= 4 is 87.2 Å². The Morgan fingerprint density at radius 2 is 0.384 bits per heavy atom. The summed E-state index contributed by atoms with van der Waals surface area (Å²) in [6.45, 7) is 0. The van der Waals surface area contributed by atoms with Crippen molar-refractivity contribution in [1.82, 2.24) is 48.2 Å². The molecule has 0 aliphatic carbocycles. The molecule has 6 aromatic heterocycles. The van der Waals surface area contributed by atoms with Crippen molar-refractivity contribution in [3.63, 3.8) is 0 Å². The van der Waals surface area contributed by atoms with Gasteiger partial charge in [0.05, 0.1) is 44.1 Å². The molecule has 0 aliphatic rings. The van der Waals surface area contributed by atoms with Gasteiger partial charge in [0.2, 0.25) is 0 Å². The Hall–Kier alpha value is -15.3. The molecule has 0 saturated heterocycles.